The lowest BCUT2D eigenvalue weighted by molar-refractivity contribution is 0.0950. The summed E-state index contributed by atoms with van der Waals surface area (Å²) in [4.78, 5) is 16.3. The van der Waals surface area contributed by atoms with Crippen LogP contribution < -0.4 is 10.6 Å². The molecule has 4 rings (SSSR count). The third kappa shape index (κ3) is 3.97. The number of nitrogens with zero attached hydrogens (tertiary/aromatic N) is 2. The summed E-state index contributed by atoms with van der Waals surface area (Å²) in [5.74, 6) is 0.935. The van der Waals surface area contributed by atoms with Crippen molar-refractivity contribution in [2.45, 2.75) is 32.4 Å². The minimum Gasteiger partial charge on any atom is -0.366 e. The van der Waals surface area contributed by atoms with Gasteiger partial charge in [0, 0.05) is 29.9 Å². The molecule has 1 amide bonds. The SMILES string of the molecule is Cc1onc(-c2ccc(F)cc2)c1CNc1ccc(C(=O)NC2CC2)cn1. The second kappa shape index (κ2) is 7.19. The van der Waals surface area contributed by atoms with E-state index in [1.54, 1.807) is 30.5 Å². The lowest BCUT2D eigenvalue weighted by Crippen LogP contribution is -2.25. The molecule has 0 saturated heterocycles. The van der Waals surface area contributed by atoms with Crippen molar-refractivity contribution in [3.8, 4) is 11.3 Å². The van der Waals surface area contributed by atoms with Crippen molar-refractivity contribution < 1.29 is 13.7 Å². The Morgan fingerprint density at radius 2 is 2.00 bits per heavy atom. The van der Waals surface area contributed by atoms with Gasteiger partial charge in [-0.3, -0.25) is 4.79 Å². The van der Waals surface area contributed by atoms with Crippen molar-refractivity contribution in [3.63, 3.8) is 0 Å². The highest BCUT2D eigenvalue weighted by Gasteiger charge is 2.23. The van der Waals surface area contributed by atoms with Crippen LogP contribution in [0.1, 0.15) is 34.5 Å². The van der Waals surface area contributed by atoms with Crippen molar-refractivity contribution in [3.05, 3.63) is 65.3 Å². The summed E-state index contributed by atoms with van der Waals surface area (Å²) >= 11 is 0. The highest BCUT2D eigenvalue weighted by Crippen LogP contribution is 2.26. The van der Waals surface area contributed by atoms with Crippen molar-refractivity contribution in [2.24, 2.45) is 0 Å². The third-order valence-corrected chi connectivity index (χ3v) is 4.49. The van der Waals surface area contributed by atoms with Crippen molar-refractivity contribution in [1.29, 1.82) is 0 Å². The molecule has 1 saturated carbocycles. The van der Waals surface area contributed by atoms with E-state index in [2.05, 4.69) is 20.8 Å². The zero-order valence-corrected chi connectivity index (χ0v) is 14.8. The Bertz CT molecular complexity index is 947. The Hall–Kier alpha value is -3.22. The van der Waals surface area contributed by atoms with Gasteiger partial charge >= 0.3 is 0 Å². The zero-order valence-electron chi connectivity index (χ0n) is 14.8. The molecule has 0 radical (unpaired) electrons. The molecule has 3 aromatic rings. The second-order valence-corrected chi connectivity index (χ2v) is 6.61. The Kier molecular flexibility index (Phi) is 4.58. The predicted molar refractivity (Wildman–Crippen MR) is 98.7 cm³/mol. The van der Waals surface area contributed by atoms with Crippen molar-refractivity contribution in [1.82, 2.24) is 15.5 Å². The van der Waals surface area contributed by atoms with Crippen LogP contribution in [0.15, 0.2) is 47.1 Å². The van der Waals surface area contributed by atoms with Gasteiger partial charge in [-0.15, -0.1) is 0 Å². The number of amides is 1. The number of aryl methyl sites for hydroxylation is 1. The molecule has 138 valence electrons. The molecule has 0 aliphatic heterocycles. The van der Waals surface area contributed by atoms with Crippen LogP contribution in [0.2, 0.25) is 0 Å². The quantitative estimate of drug-likeness (QED) is 0.695. The molecule has 2 aromatic heterocycles. The number of anilines is 1. The first kappa shape index (κ1) is 17.2. The zero-order chi connectivity index (χ0) is 18.8. The number of benzene rings is 1. The van der Waals surface area contributed by atoms with E-state index in [0.29, 0.717) is 35.4 Å². The Morgan fingerprint density at radius 3 is 2.67 bits per heavy atom. The molecular weight excluding hydrogens is 347 g/mol. The standard InChI is InChI=1S/C20H19FN4O2/c1-12-17(19(25-27-12)13-2-5-15(21)6-3-13)11-23-18-9-4-14(10-22-18)20(26)24-16-7-8-16/h2-6,9-10,16H,7-8,11H2,1H3,(H,22,23)(H,24,26). The van der Waals surface area contributed by atoms with Crippen LogP contribution in [0, 0.1) is 12.7 Å². The predicted octanol–water partition coefficient (Wildman–Crippen LogP) is 3.69. The summed E-state index contributed by atoms with van der Waals surface area (Å²) in [5, 5.41) is 10.2. The van der Waals surface area contributed by atoms with Gasteiger partial charge in [-0.2, -0.15) is 0 Å². The van der Waals surface area contributed by atoms with Crippen LogP contribution in [-0.4, -0.2) is 22.1 Å². The monoisotopic (exact) mass is 366 g/mol. The summed E-state index contributed by atoms with van der Waals surface area (Å²) in [6.07, 6.45) is 3.65. The maximum atomic E-state index is 13.1. The molecule has 1 aliphatic carbocycles. The van der Waals surface area contributed by atoms with Crippen LogP contribution in [0.4, 0.5) is 10.2 Å². The van der Waals surface area contributed by atoms with Gasteiger partial charge in [0.1, 0.15) is 23.1 Å². The molecule has 0 unspecified atom stereocenters. The molecule has 0 spiro atoms. The summed E-state index contributed by atoms with van der Waals surface area (Å²) in [7, 11) is 0. The fourth-order valence-corrected chi connectivity index (χ4v) is 2.74. The number of hydrogen-bond acceptors (Lipinski definition) is 5. The van der Waals surface area contributed by atoms with Crippen molar-refractivity contribution in [2.75, 3.05) is 5.32 Å². The van der Waals surface area contributed by atoms with Gasteiger partial charge in [0.05, 0.1) is 5.56 Å². The van der Waals surface area contributed by atoms with Gasteiger partial charge in [-0.1, -0.05) is 5.16 Å². The molecule has 0 bridgehead atoms. The van der Waals surface area contributed by atoms with E-state index in [1.165, 1.54) is 12.1 Å². The van der Waals surface area contributed by atoms with E-state index in [4.69, 9.17) is 4.52 Å². The molecule has 1 aliphatic rings. The fraction of sp³-hybridized carbons (Fsp3) is 0.250. The number of aromatic nitrogens is 2. The van der Waals surface area contributed by atoms with Crippen molar-refractivity contribution >= 4 is 11.7 Å². The summed E-state index contributed by atoms with van der Waals surface area (Å²) in [5.41, 5.74) is 2.87. The van der Waals surface area contributed by atoms with Crippen LogP contribution in [0.25, 0.3) is 11.3 Å². The number of halogens is 1. The first-order chi connectivity index (χ1) is 13.1. The number of carbonyl (C=O) groups excluding carboxylic acids is 1. The highest BCUT2D eigenvalue weighted by atomic mass is 19.1. The number of nitrogens with one attached hydrogen (secondary N) is 2. The van der Waals surface area contributed by atoms with Gasteiger partial charge in [-0.05, 0) is 56.2 Å². The topological polar surface area (TPSA) is 80.0 Å². The van der Waals surface area contributed by atoms with E-state index in [1.807, 2.05) is 6.92 Å². The first-order valence-electron chi connectivity index (χ1n) is 8.82. The molecule has 7 heteroatoms. The lowest BCUT2D eigenvalue weighted by Gasteiger charge is -2.08. The Labute approximate surface area is 155 Å². The van der Waals surface area contributed by atoms with E-state index >= 15 is 0 Å². The highest BCUT2D eigenvalue weighted by molar-refractivity contribution is 5.94. The molecule has 0 atom stereocenters. The van der Waals surface area contributed by atoms with Gasteiger partial charge in [0.25, 0.3) is 5.91 Å². The average Bonchev–Trinajstić information content (AvgIpc) is 3.42. The summed E-state index contributed by atoms with van der Waals surface area (Å²) in [6.45, 7) is 2.28. The van der Waals surface area contributed by atoms with Crippen LogP contribution in [0.3, 0.4) is 0 Å². The lowest BCUT2D eigenvalue weighted by atomic mass is 10.1. The van der Waals surface area contributed by atoms with Crippen LogP contribution in [0.5, 0.6) is 0 Å². The van der Waals surface area contributed by atoms with Crippen LogP contribution >= 0.6 is 0 Å². The molecule has 2 N–H and O–H groups in total. The fourth-order valence-electron chi connectivity index (χ4n) is 2.74. The molecule has 1 aromatic carbocycles. The molecule has 27 heavy (non-hydrogen) atoms. The normalized spacial score (nSPS) is 13.4. The molecule has 6 nitrogen and oxygen atoms in total. The maximum absolute atomic E-state index is 13.1. The molecule has 2 heterocycles. The van der Waals surface area contributed by atoms with Gasteiger partial charge in [0.2, 0.25) is 0 Å². The van der Waals surface area contributed by atoms with Gasteiger partial charge in [0.15, 0.2) is 0 Å². The number of hydrogen-bond donors (Lipinski definition) is 2. The summed E-state index contributed by atoms with van der Waals surface area (Å²) in [6, 6.07) is 9.95. The van der Waals surface area contributed by atoms with E-state index in [-0.39, 0.29) is 11.7 Å². The maximum Gasteiger partial charge on any atom is 0.253 e. The van der Waals surface area contributed by atoms with Crippen LogP contribution in [-0.2, 0) is 6.54 Å². The van der Waals surface area contributed by atoms with Gasteiger partial charge < -0.3 is 15.2 Å². The minimum atomic E-state index is -0.298. The Balaban J connectivity index is 1.45. The largest absolute Gasteiger partial charge is 0.366 e. The first-order valence-corrected chi connectivity index (χ1v) is 8.82. The average molecular weight is 366 g/mol. The molecule has 1 fully saturated rings. The number of carbonyl (C=O) groups is 1. The third-order valence-electron chi connectivity index (χ3n) is 4.49. The molecular formula is C20H19FN4O2. The van der Waals surface area contributed by atoms with E-state index in [9.17, 15) is 9.18 Å². The number of pyridine rings is 1. The van der Waals surface area contributed by atoms with E-state index in [0.717, 1.165) is 24.0 Å². The Morgan fingerprint density at radius 1 is 1.22 bits per heavy atom. The van der Waals surface area contributed by atoms with Gasteiger partial charge in [-0.25, -0.2) is 9.37 Å². The second-order valence-electron chi connectivity index (χ2n) is 6.61. The number of rotatable bonds is 6. The minimum absolute atomic E-state index is 0.0926. The van der Waals surface area contributed by atoms with E-state index < -0.39 is 0 Å². The summed E-state index contributed by atoms with van der Waals surface area (Å²) < 4.78 is 18.5. The smallest absolute Gasteiger partial charge is 0.253 e.